The SMILES string of the molecule is O=C(COC(=O)c1cc(=O)[nH]c2ccccc12)c1ccc([N+](=O)[O-])cc1. The highest BCUT2D eigenvalue weighted by Crippen LogP contribution is 2.16. The van der Waals surface area contributed by atoms with Gasteiger partial charge in [-0.05, 0) is 18.2 Å². The van der Waals surface area contributed by atoms with E-state index in [2.05, 4.69) is 4.98 Å². The van der Waals surface area contributed by atoms with Crippen LogP contribution in [0, 0.1) is 10.1 Å². The molecule has 0 amide bonds. The number of ether oxygens (including phenoxy) is 1. The average molecular weight is 352 g/mol. The number of esters is 1. The number of nitrogens with zero attached hydrogens (tertiary/aromatic N) is 1. The number of pyridine rings is 1. The zero-order chi connectivity index (χ0) is 18.7. The van der Waals surface area contributed by atoms with E-state index in [1.807, 2.05) is 0 Å². The minimum atomic E-state index is -0.803. The van der Waals surface area contributed by atoms with E-state index < -0.39 is 28.8 Å². The largest absolute Gasteiger partial charge is 0.454 e. The van der Waals surface area contributed by atoms with E-state index in [0.717, 1.165) is 6.07 Å². The quantitative estimate of drug-likeness (QED) is 0.326. The van der Waals surface area contributed by atoms with Crippen molar-refractivity contribution in [3.8, 4) is 0 Å². The van der Waals surface area contributed by atoms with Crippen molar-refractivity contribution in [1.29, 1.82) is 0 Å². The first-order valence-corrected chi connectivity index (χ1v) is 7.52. The molecule has 0 radical (unpaired) electrons. The summed E-state index contributed by atoms with van der Waals surface area (Å²) in [5.74, 6) is -1.31. The molecule has 1 heterocycles. The Hall–Kier alpha value is -3.81. The lowest BCUT2D eigenvalue weighted by Gasteiger charge is -2.07. The number of nitro groups is 1. The molecule has 0 aliphatic rings. The summed E-state index contributed by atoms with van der Waals surface area (Å²) in [7, 11) is 0. The van der Waals surface area contributed by atoms with Crippen molar-refractivity contribution in [2.75, 3.05) is 6.61 Å². The van der Waals surface area contributed by atoms with E-state index in [1.165, 1.54) is 24.3 Å². The summed E-state index contributed by atoms with van der Waals surface area (Å²) in [5.41, 5.74) is 0.111. The monoisotopic (exact) mass is 352 g/mol. The van der Waals surface area contributed by atoms with Crippen molar-refractivity contribution in [3.63, 3.8) is 0 Å². The van der Waals surface area contributed by atoms with E-state index in [4.69, 9.17) is 4.74 Å². The minimum Gasteiger partial charge on any atom is -0.454 e. The topological polar surface area (TPSA) is 119 Å². The second kappa shape index (κ2) is 6.98. The summed E-state index contributed by atoms with van der Waals surface area (Å²) in [6.45, 7) is -0.544. The minimum absolute atomic E-state index is 0.0563. The summed E-state index contributed by atoms with van der Waals surface area (Å²) in [6, 6.07) is 12.8. The number of hydrogen-bond donors (Lipinski definition) is 1. The fourth-order valence-electron chi connectivity index (χ4n) is 2.43. The van der Waals surface area contributed by atoms with Crippen molar-refractivity contribution in [2.45, 2.75) is 0 Å². The van der Waals surface area contributed by atoms with Crippen molar-refractivity contribution in [3.05, 3.63) is 86.2 Å². The van der Waals surface area contributed by atoms with Gasteiger partial charge in [-0.1, -0.05) is 18.2 Å². The van der Waals surface area contributed by atoms with Crippen LogP contribution in [-0.2, 0) is 4.74 Å². The lowest BCUT2D eigenvalue weighted by molar-refractivity contribution is -0.384. The molecule has 1 aromatic heterocycles. The van der Waals surface area contributed by atoms with Crippen LogP contribution in [0.4, 0.5) is 5.69 Å². The van der Waals surface area contributed by atoms with E-state index in [9.17, 15) is 24.5 Å². The van der Waals surface area contributed by atoms with Crippen LogP contribution in [0.25, 0.3) is 10.9 Å². The van der Waals surface area contributed by atoms with Crippen LogP contribution in [0.5, 0.6) is 0 Å². The Bertz CT molecular complexity index is 1070. The number of nitrogens with one attached hydrogen (secondary N) is 1. The molecule has 0 fully saturated rings. The number of aromatic amines is 1. The molecular formula is C18H12N2O6. The summed E-state index contributed by atoms with van der Waals surface area (Å²) in [6.07, 6.45) is 0. The molecule has 0 aliphatic carbocycles. The lowest BCUT2D eigenvalue weighted by atomic mass is 10.1. The predicted molar refractivity (Wildman–Crippen MR) is 92.3 cm³/mol. The second-order valence-electron chi connectivity index (χ2n) is 5.40. The van der Waals surface area contributed by atoms with Crippen molar-refractivity contribution in [1.82, 2.24) is 4.98 Å². The fourth-order valence-corrected chi connectivity index (χ4v) is 2.43. The van der Waals surface area contributed by atoms with Gasteiger partial charge in [-0.25, -0.2) is 4.79 Å². The summed E-state index contributed by atoms with van der Waals surface area (Å²) >= 11 is 0. The molecule has 3 rings (SSSR count). The van der Waals surface area contributed by atoms with Crippen LogP contribution < -0.4 is 5.56 Å². The first-order valence-electron chi connectivity index (χ1n) is 7.52. The van der Waals surface area contributed by atoms with Gasteiger partial charge in [0.1, 0.15) is 0 Å². The van der Waals surface area contributed by atoms with Crippen LogP contribution in [0.1, 0.15) is 20.7 Å². The molecule has 0 unspecified atom stereocenters. The summed E-state index contributed by atoms with van der Waals surface area (Å²) in [5, 5.41) is 11.1. The molecule has 1 N–H and O–H groups in total. The number of fused-ring (bicyclic) bond motifs is 1. The molecule has 3 aromatic rings. The number of carbonyl (C=O) groups is 2. The number of Topliss-reactive ketones (excluding diaryl/α,β-unsaturated/α-hetero) is 1. The number of rotatable bonds is 5. The van der Waals surface area contributed by atoms with Crippen molar-refractivity contribution in [2.24, 2.45) is 0 Å². The number of ketones is 1. The lowest BCUT2D eigenvalue weighted by Crippen LogP contribution is -2.17. The van der Waals surface area contributed by atoms with Crippen LogP contribution in [0.3, 0.4) is 0 Å². The number of carbonyl (C=O) groups excluding carboxylic acids is 2. The highest BCUT2D eigenvalue weighted by molar-refractivity contribution is 6.05. The number of aromatic nitrogens is 1. The molecule has 130 valence electrons. The number of hydrogen-bond acceptors (Lipinski definition) is 6. The van der Waals surface area contributed by atoms with Gasteiger partial charge in [-0.2, -0.15) is 0 Å². The maximum Gasteiger partial charge on any atom is 0.339 e. The molecule has 0 atom stereocenters. The number of para-hydroxylation sites is 1. The predicted octanol–water partition coefficient (Wildman–Crippen LogP) is 2.48. The number of non-ortho nitro benzene ring substituents is 1. The highest BCUT2D eigenvalue weighted by Gasteiger charge is 2.16. The Labute approximate surface area is 146 Å². The van der Waals surface area contributed by atoms with Crippen molar-refractivity contribution < 1.29 is 19.2 Å². The number of nitro benzene ring substituents is 1. The fraction of sp³-hybridized carbons (Fsp3) is 0.0556. The Kier molecular flexibility index (Phi) is 4.57. The first-order chi connectivity index (χ1) is 12.5. The van der Waals surface area contributed by atoms with Crippen LogP contribution in [0.15, 0.2) is 59.4 Å². The molecule has 26 heavy (non-hydrogen) atoms. The Morgan fingerprint density at radius 3 is 2.46 bits per heavy atom. The van der Waals surface area contributed by atoms with Crippen LogP contribution >= 0.6 is 0 Å². The third-order valence-electron chi connectivity index (χ3n) is 3.70. The standard InChI is InChI=1S/C18H12N2O6/c21-16(11-5-7-12(8-6-11)20(24)25)10-26-18(23)14-9-17(22)19-15-4-2-1-3-13(14)15/h1-9H,10H2,(H,19,22). The molecule has 0 saturated carbocycles. The van der Waals surface area contributed by atoms with Gasteiger partial charge in [0.2, 0.25) is 5.56 Å². The molecule has 8 nitrogen and oxygen atoms in total. The highest BCUT2D eigenvalue weighted by atomic mass is 16.6. The average Bonchev–Trinajstić information content (AvgIpc) is 2.65. The van der Waals surface area contributed by atoms with E-state index in [0.29, 0.717) is 10.9 Å². The van der Waals surface area contributed by atoms with Crippen LogP contribution in [-0.4, -0.2) is 28.3 Å². The maximum atomic E-state index is 12.3. The van der Waals surface area contributed by atoms with Gasteiger partial charge in [-0.15, -0.1) is 0 Å². The van der Waals surface area contributed by atoms with Gasteiger partial charge in [-0.3, -0.25) is 19.7 Å². The van der Waals surface area contributed by atoms with Gasteiger partial charge in [0, 0.05) is 34.7 Å². The Morgan fingerprint density at radius 2 is 1.77 bits per heavy atom. The third-order valence-corrected chi connectivity index (χ3v) is 3.70. The number of H-pyrrole nitrogens is 1. The molecule has 2 aromatic carbocycles. The van der Waals surface area contributed by atoms with Crippen molar-refractivity contribution >= 4 is 28.3 Å². The van der Waals surface area contributed by atoms with Crippen LogP contribution in [0.2, 0.25) is 0 Å². The normalized spacial score (nSPS) is 10.5. The zero-order valence-electron chi connectivity index (χ0n) is 13.3. The van der Waals surface area contributed by atoms with Gasteiger partial charge in [0.05, 0.1) is 10.5 Å². The van der Waals surface area contributed by atoms with E-state index >= 15 is 0 Å². The Morgan fingerprint density at radius 1 is 1.08 bits per heavy atom. The van der Waals surface area contributed by atoms with Gasteiger partial charge in [0.15, 0.2) is 12.4 Å². The van der Waals surface area contributed by atoms with E-state index in [-0.39, 0.29) is 16.8 Å². The zero-order valence-corrected chi connectivity index (χ0v) is 13.3. The van der Waals surface area contributed by atoms with E-state index in [1.54, 1.807) is 24.3 Å². The smallest absolute Gasteiger partial charge is 0.339 e. The summed E-state index contributed by atoms with van der Waals surface area (Å²) < 4.78 is 5.01. The Balaban J connectivity index is 1.76. The second-order valence-corrected chi connectivity index (χ2v) is 5.40. The maximum absolute atomic E-state index is 12.3. The molecule has 8 heteroatoms. The molecule has 0 bridgehead atoms. The van der Waals surface area contributed by atoms with Gasteiger partial charge >= 0.3 is 5.97 Å². The summed E-state index contributed by atoms with van der Waals surface area (Å²) in [4.78, 5) is 48.7. The third kappa shape index (κ3) is 3.48. The molecule has 0 spiro atoms. The molecule has 0 saturated heterocycles. The first kappa shape index (κ1) is 17.0. The van der Waals surface area contributed by atoms with Gasteiger partial charge < -0.3 is 9.72 Å². The number of benzene rings is 2. The molecular weight excluding hydrogens is 340 g/mol. The molecule has 0 aliphatic heterocycles. The van der Waals surface area contributed by atoms with Gasteiger partial charge in [0.25, 0.3) is 5.69 Å².